The minimum atomic E-state index is -3.36. The third-order valence-corrected chi connectivity index (χ3v) is 8.53. The van der Waals surface area contributed by atoms with Gasteiger partial charge in [0.1, 0.15) is 15.9 Å². The van der Waals surface area contributed by atoms with E-state index in [-0.39, 0.29) is 18.3 Å². The largest absolute Gasteiger partial charge is 0.480 e. The topological polar surface area (TPSA) is 131 Å². The molecule has 1 fully saturated rings. The van der Waals surface area contributed by atoms with Crippen LogP contribution < -0.4 is 5.32 Å². The molecule has 1 amide bonds. The van der Waals surface area contributed by atoms with Crippen LogP contribution in [0.3, 0.4) is 0 Å². The third-order valence-electron chi connectivity index (χ3n) is 7.56. The zero-order valence-electron chi connectivity index (χ0n) is 30.4. The number of ether oxygens (including phenoxy) is 3. The highest BCUT2D eigenvalue weighted by Gasteiger charge is 2.25. The molecule has 1 aliphatic rings. The molecule has 1 saturated heterocycles. The fourth-order valence-corrected chi connectivity index (χ4v) is 5.61. The molecule has 0 spiro atoms. The Morgan fingerprint density at radius 1 is 0.939 bits per heavy atom. The number of carbonyl (C=O) groups is 2. The fourth-order valence-electron chi connectivity index (χ4n) is 4.94. The number of likely N-dealkylation sites (tertiary alicyclic amines) is 1. The molecule has 2 unspecified atom stereocenters. The Morgan fingerprint density at radius 3 is 2.10 bits per heavy atom. The summed E-state index contributed by atoms with van der Waals surface area (Å²) in [6, 6.07) is 22.1. The van der Waals surface area contributed by atoms with E-state index in [4.69, 9.17) is 9.47 Å². The molecule has 3 aromatic rings. The van der Waals surface area contributed by atoms with Crippen molar-refractivity contribution in [3.05, 3.63) is 95.1 Å². The Kier molecular flexibility index (Phi) is 21.0. The quantitative estimate of drug-likeness (QED) is 0.220. The lowest BCUT2D eigenvalue weighted by Crippen LogP contribution is -2.42. The van der Waals surface area contributed by atoms with Crippen molar-refractivity contribution >= 4 is 21.7 Å². The van der Waals surface area contributed by atoms with Gasteiger partial charge in [0.05, 0.1) is 18.5 Å². The number of hydrogen-bond donors (Lipinski definition) is 2. The third kappa shape index (κ3) is 16.6. The van der Waals surface area contributed by atoms with E-state index in [0.29, 0.717) is 24.3 Å². The summed E-state index contributed by atoms with van der Waals surface area (Å²) < 4.78 is 37.9. The van der Waals surface area contributed by atoms with Gasteiger partial charge in [-0.15, -0.1) is 0 Å². The van der Waals surface area contributed by atoms with Gasteiger partial charge in [0, 0.05) is 59.4 Å². The van der Waals surface area contributed by atoms with Gasteiger partial charge in [-0.1, -0.05) is 74.5 Å². The van der Waals surface area contributed by atoms with Crippen molar-refractivity contribution in [1.82, 2.24) is 10.2 Å². The average Bonchev–Trinajstić information content (AvgIpc) is 3.55. The van der Waals surface area contributed by atoms with Crippen LogP contribution in [-0.4, -0.2) is 95.5 Å². The summed E-state index contributed by atoms with van der Waals surface area (Å²) in [4.78, 5) is 27.1. The number of methoxy groups -OCH3 is 3. The maximum Gasteiger partial charge on any atom is 0.326 e. The molecule has 1 aliphatic heterocycles. The molecule has 3 aromatic carbocycles. The monoisotopic (exact) mass is 700 g/mol. The number of benzene rings is 3. The number of aryl methyl sites for hydroxylation is 1. The van der Waals surface area contributed by atoms with Crippen LogP contribution in [0.15, 0.2) is 72.8 Å². The molecule has 4 rings (SSSR count). The molecular formula is C38H56N2O8S. The van der Waals surface area contributed by atoms with Gasteiger partial charge in [-0.25, -0.2) is 13.2 Å². The lowest BCUT2D eigenvalue weighted by atomic mass is 9.93. The molecule has 0 bridgehead atoms. The van der Waals surface area contributed by atoms with Crippen molar-refractivity contribution in [1.29, 1.82) is 0 Å². The van der Waals surface area contributed by atoms with E-state index in [2.05, 4.69) is 15.0 Å². The standard InChI is InChI=1S/C25H32N2O6S.C8H10O.C3H8O.C2H6/c1-17-6-4-5-7-20(17)22-14-18(15-27-12-10-19(16-27)33-2)8-9-21(22)24(28)26-23(25(29)30)11-13-34(3,31)32;1-9-7-8-5-3-2-4-6-8;1-3-4-2;1-2/h4-9,14,19,23H,10-13,15-16H2,1-3H3,(H,26,28)(H,29,30);2-6H,7H2,1H3;3H2,1-2H3;1-2H3. The maximum absolute atomic E-state index is 13.2. The van der Waals surface area contributed by atoms with Gasteiger partial charge in [-0.3, -0.25) is 9.69 Å². The number of carboxylic acid groups (broad SMARTS) is 1. The lowest BCUT2D eigenvalue weighted by molar-refractivity contribution is -0.139. The predicted molar refractivity (Wildman–Crippen MR) is 197 cm³/mol. The highest BCUT2D eigenvalue weighted by Crippen LogP contribution is 2.29. The van der Waals surface area contributed by atoms with Crippen LogP contribution in [0.5, 0.6) is 0 Å². The number of hydrogen-bond acceptors (Lipinski definition) is 8. The number of sulfone groups is 1. The number of aliphatic carboxylic acids is 1. The van der Waals surface area contributed by atoms with Crippen LogP contribution >= 0.6 is 0 Å². The predicted octanol–water partition coefficient (Wildman–Crippen LogP) is 6.01. The maximum atomic E-state index is 13.2. The second kappa shape index (κ2) is 23.7. The van der Waals surface area contributed by atoms with E-state index in [1.165, 1.54) is 5.56 Å². The average molecular weight is 701 g/mol. The molecule has 2 N–H and O–H groups in total. The van der Waals surface area contributed by atoms with Crippen LogP contribution in [-0.2, 0) is 42.0 Å². The number of nitrogens with zero attached hydrogens (tertiary/aromatic N) is 1. The summed E-state index contributed by atoms with van der Waals surface area (Å²) >= 11 is 0. The van der Waals surface area contributed by atoms with E-state index < -0.39 is 27.8 Å². The molecule has 0 aromatic heterocycles. The normalized spacial score (nSPS) is 14.6. The van der Waals surface area contributed by atoms with Crippen molar-refractivity contribution in [2.24, 2.45) is 0 Å². The molecule has 1 heterocycles. The highest BCUT2D eigenvalue weighted by atomic mass is 32.2. The van der Waals surface area contributed by atoms with Gasteiger partial charge in [-0.05, 0) is 66.6 Å². The molecule has 10 nitrogen and oxygen atoms in total. The van der Waals surface area contributed by atoms with Crippen LogP contribution in [0.25, 0.3) is 11.1 Å². The van der Waals surface area contributed by atoms with E-state index in [0.717, 1.165) is 49.1 Å². The highest BCUT2D eigenvalue weighted by molar-refractivity contribution is 7.90. The molecule has 272 valence electrons. The van der Waals surface area contributed by atoms with Crippen LogP contribution in [0.2, 0.25) is 0 Å². The minimum absolute atomic E-state index is 0.201. The van der Waals surface area contributed by atoms with E-state index in [1.54, 1.807) is 27.4 Å². The summed E-state index contributed by atoms with van der Waals surface area (Å²) in [5, 5.41) is 12.0. The minimum Gasteiger partial charge on any atom is -0.480 e. The molecule has 0 aliphatic carbocycles. The van der Waals surface area contributed by atoms with Gasteiger partial charge >= 0.3 is 5.97 Å². The van der Waals surface area contributed by atoms with Crippen LogP contribution in [0, 0.1) is 6.92 Å². The van der Waals surface area contributed by atoms with Crippen LogP contribution in [0.4, 0.5) is 0 Å². The first-order valence-corrected chi connectivity index (χ1v) is 18.7. The summed E-state index contributed by atoms with van der Waals surface area (Å²) in [5.74, 6) is -2.15. The zero-order valence-corrected chi connectivity index (χ0v) is 31.2. The van der Waals surface area contributed by atoms with Crippen molar-refractivity contribution in [3.63, 3.8) is 0 Å². The Labute approximate surface area is 293 Å². The van der Waals surface area contributed by atoms with Crippen molar-refractivity contribution in [3.8, 4) is 11.1 Å². The van der Waals surface area contributed by atoms with Gasteiger partial charge in [0.25, 0.3) is 5.91 Å². The first-order chi connectivity index (χ1) is 23.4. The Balaban J connectivity index is 0.000000665. The first kappa shape index (κ1) is 43.4. The molecule has 2 atom stereocenters. The van der Waals surface area contributed by atoms with E-state index >= 15 is 0 Å². The van der Waals surface area contributed by atoms with Crippen molar-refractivity contribution in [2.75, 3.05) is 53.0 Å². The second-order valence-electron chi connectivity index (χ2n) is 11.4. The number of nitrogens with one attached hydrogen (secondary N) is 1. The summed E-state index contributed by atoms with van der Waals surface area (Å²) in [6.07, 6.45) is 2.04. The van der Waals surface area contributed by atoms with Gasteiger partial charge in [-0.2, -0.15) is 0 Å². The molecule has 49 heavy (non-hydrogen) atoms. The molecular weight excluding hydrogens is 644 g/mol. The Hall–Kier alpha value is -3.61. The van der Waals surface area contributed by atoms with E-state index in [1.807, 2.05) is 94.4 Å². The van der Waals surface area contributed by atoms with Crippen molar-refractivity contribution in [2.45, 2.75) is 65.8 Å². The Morgan fingerprint density at radius 2 is 1.57 bits per heavy atom. The SMILES string of the molecule is CC.CCOC.COC1CCN(Cc2ccc(C(=O)NC(CCS(C)(=O)=O)C(=O)O)c(-c3ccccc3C)c2)C1.COCc1ccccc1. The second-order valence-corrected chi connectivity index (χ2v) is 13.6. The smallest absolute Gasteiger partial charge is 0.326 e. The number of amides is 1. The summed E-state index contributed by atoms with van der Waals surface area (Å²) in [5.41, 5.74) is 5.19. The molecule has 11 heteroatoms. The number of rotatable bonds is 13. The molecule has 0 radical (unpaired) electrons. The van der Waals surface area contributed by atoms with Crippen LogP contribution in [0.1, 0.15) is 60.7 Å². The Bertz CT molecular complexity index is 1500. The summed E-state index contributed by atoms with van der Waals surface area (Å²) in [6.45, 7) is 11.9. The lowest BCUT2D eigenvalue weighted by Gasteiger charge is -2.19. The first-order valence-electron chi connectivity index (χ1n) is 16.6. The van der Waals surface area contributed by atoms with Gasteiger partial charge in [0.15, 0.2) is 0 Å². The zero-order chi connectivity index (χ0) is 36.8. The van der Waals surface area contributed by atoms with E-state index in [9.17, 15) is 23.1 Å². The number of carbonyl (C=O) groups excluding carboxylic acids is 1. The molecule has 0 saturated carbocycles. The van der Waals surface area contributed by atoms with Gasteiger partial charge < -0.3 is 24.6 Å². The van der Waals surface area contributed by atoms with Crippen molar-refractivity contribution < 1.29 is 37.3 Å². The number of carboxylic acids is 1. The fraction of sp³-hybridized carbons (Fsp3) is 0.474. The van der Waals surface area contributed by atoms with Gasteiger partial charge in [0.2, 0.25) is 0 Å². The summed E-state index contributed by atoms with van der Waals surface area (Å²) in [7, 11) is 1.74.